The molecule has 0 unspecified atom stereocenters. The Bertz CT molecular complexity index is 1180. The van der Waals surface area contributed by atoms with E-state index >= 15 is 0 Å². The fourth-order valence-electron chi connectivity index (χ4n) is 5.05. The molecule has 0 radical (unpaired) electrons. The topological polar surface area (TPSA) is 92.5 Å². The van der Waals surface area contributed by atoms with E-state index in [0.717, 1.165) is 61.8 Å². The van der Waals surface area contributed by atoms with Crippen LogP contribution in [0.5, 0.6) is 0 Å². The van der Waals surface area contributed by atoms with Crippen LogP contribution in [-0.4, -0.2) is 58.6 Å². The summed E-state index contributed by atoms with van der Waals surface area (Å²) in [7, 11) is 0. The summed E-state index contributed by atoms with van der Waals surface area (Å²) >= 11 is 0. The van der Waals surface area contributed by atoms with E-state index < -0.39 is 0 Å². The van der Waals surface area contributed by atoms with Crippen molar-refractivity contribution in [2.24, 2.45) is 0 Å². The van der Waals surface area contributed by atoms with E-state index in [2.05, 4.69) is 28.2 Å². The fourth-order valence-corrected chi connectivity index (χ4v) is 5.05. The van der Waals surface area contributed by atoms with Gasteiger partial charge in [0, 0.05) is 42.9 Å². The Kier molecular flexibility index (Phi) is 6.46. The van der Waals surface area contributed by atoms with Gasteiger partial charge < -0.3 is 20.1 Å². The van der Waals surface area contributed by atoms with Crippen LogP contribution in [0.3, 0.4) is 0 Å². The lowest BCUT2D eigenvalue weighted by molar-refractivity contribution is 0.111. The number of ether oxygens (including phenoxy) is 1. The number of unbranched alkanes of at least 4 members (excludes halogenated alkanes) is 1. The minimum Gasteiger partial charge on any atom is -0.393 e. The third-order valence-corrected chi connectivity index (χ3v) is 6.96. The van der Waals surface area contributed by atoms with Gasteiger partial charge in [-0.2, -0.15) is 4.98 Å². The highest BCUT2D eigenvalue weighted by Gasteiger charge is 2.25. The monoisotopic (exact) mass is 451 g/mol. The van der Waals surface area contributed by atoms with Gasteiger partial charge in [0.2, 0.25) is 5.95 Å². The highest BCUT2D eigenvalue weighted by molar-refractivity contribution is 6.05. The van der Waals surface area contributed by atoms with Crippen LogP contribution in [0, 0.1) is 0 Å². The Morgan fingerprint density at radius 1 is 1.12 bits per heavy atom. The summed E-state index contributed by atoms with van der Waals surface area (Å²) in [6.07, 6.45) is 6.65. The molecule has 0 bridgehead atoms. The smallest absolute Gasteiger partial charge is 0.260 e. The first kappa shape index (κ1) is 22.1. The van der Waals surface area contributed by atoms with Crippen LogP contribution in [0.25, 0.3) is 21.8 Å². The Morgan fingerprint density at radius 2 is 1.91 bits per heavy atom. The van der Waals surface area contributed by atoms with Crippen molar-refractivity contribution in [3.05, 3.63) is 34.7 Å². The number of nitrogens with one attached hydrogen (secondary N) is 1. The lowest BCUT2D eigenvalue weighted by Gasteiger charge is -2.30. The Hall–Kier alpha value is -2.71. The van der Waals surface area contributed by atoms with Gasteiger partial charge in [0.1, 0.15) is 5.65 Å². The van der Waals surface area contributed by atoms with Gasteiger partial charge in [-0.15, -0.1) is 0 Å². The molecule has 1 saturated heterocycles. The van der Waals surface area contributed by atoms with Crippen LogP contribution in [0.2, 0.25) is 0 Å². The van der Waals surface area contributed by atoms with Crippen LogP contribution in [0.15, 0.2) is 29.2 Å². The second kappa shape index (κ2) is 9.65. The Morgan fingerprint density at radius 3 is 2.67 bits per heavy atom. The largest absolute Gasteiger partial charge is 0.393 e. The highest BCUT2D eigenvalue weighted by atomic mass is 16.5. The number of benzene rings is 1. The highest BCUT2D eigenvalue weighted by Crippen LogP contribution is 2.33. The molecule has 1 aliphatic heterocycles. The van der Waals surface area contributed by atoms with E-state index in [1.54, 1.807) is 0 Å². The third-order valence-electron chi connectivity index (χ3n) is 6.96. The zero-order chi connectivity index (χ0) is 22.8. The van der Waals surface area contributed by atoms with Crippen molar-refractivity contribution < 1.29 is 9.84 Å². The van der Waals surface area contributed by atoms with Crippen molar-refractivity contribution in [2.45, 2.75) is 57.6 Å². The number of hydrogen-bond acceptors (Lipinski definition) is 7. The zero-order valence-electron chi connectivity index (χ0n) is 19.3. The maximum atomic E-state index is 13.9. The van der Waals surface area contributed by atoms with E-state index in [1.165, 1.54) is 0 Å². The van der Waals surface area contributed by atoms with Crippen molar-refractivity contribution in [1.82, 2.24) is 14.5 Å². The van der Waals surface area contributed by atoms with Crippen molar-refractivity contribution in [3.8, 4) is 0 Å². The number of morpholine rings is 1. The number of aliphatic hydroxyl groups is 1. The number of fused-ring (bicyclic) bond motifs is 3. The van der Waals surface area contributed by atoms with Gasteiger partial charge in [-0.05, 0) is 49.6 Å². The summed E-state index contributed by atoms with van der Waals surface area (Å²) in [4.78, 5) is 25.6. The van der Waals surface area contributed by atoms with Crippen LogP contribution >= 0.6 is 0 Å². The van der Waals surface area contributed by atoms with E-state index in [1.807, 2.05) is 22.9 Å². The number of aliphatic hydroxyl groups excluding tert-OH is 1. The van der Waals surface area contributed by atoms with Gasteiger partial charge in [-0.1, -0.05) is 19.4 Å². The molecule has 2 aliphatic rings. The number of rotatable bonds is 6. The molecule has 8 heteroatoms. The molecule has 2 fully saturated rings. The molecule has 2 aromatic heterocycles. The summed E-state index contributed by atoms with van der Waals surface area (Å²) < 4.78 is 7.37. The second-order valence-corrected chi connectivity index (χ2v) is 9.18. The van der Waals surface area contributed by atoms with Crippen molar-refractivity contribution in [3.63, 3.8) is 0 Å². The van der Waals surface area contributed by atoms with Crippen molar-refractivity contribution in [2.75, 3.05) is 43.1 Å². The van der Waals surface area contributed by atoms with Crippen LogP contribution in [0.1, 0.15) is 51.5 Å². The SMILES string of the molecule is CCCCNc1ncc2c3ccc(N4CCOCC4)cc3c(=O)n([C@H]3CC[C@H](O)CC3)c2n1. The molecular formula is C25H33N5O3. The molecule has 8 nitrogen and oxygen atoms in total. The van der Waals surface area contributed by atoms with Gasteiger partial charge in [0.25, 0.3) is 5.56 Å². The second-order valence-electron chi connectivity index (χ2n) is 9.18. The van der Waals surface area contributed by atoms with Crippen LogP contribution < -0.4 is 15.8 Å². The molecule has 0 spiro atoms. The predicted octanol–water partition coefficient (Wildman–Crippen LogP) is 3.47. The molecule has 176 valence electrons. The quantitative estimate of drug-likeness (QED) is 0.438. The van der Waals surface area contributed by atoms with Gasteiger partial charge in [0.05, 0.1) is 24.7 Å². The number of pyridine rings is 1. The predicted molar refractivity (Wildman–Crippen MR) is 131 cm³/mol. The minimum absolute atomic E-state index is 0.00722. The van der Waals surface area contributed by atoms with E-state index in [0.29, 0.717) is 43.0 Å². The maximum Gasteiger partial charge on any atom is 0.260 e. The van der Waals surface area contributed by atoms with Crippen LogP contribution in [-0.2, 0) is 4.74 Å². The van der Waals surface area contributed by atoms with Crippen LogP contribution in [0.4, 0.5) is 11.6 Å². The number of aromatic nitrogens is 3. The molecule has 1 aromatic carbocycles. The minimum atomic E-state index is -0.280. The zero-order valence-corrected chi connectivity index (χ0v) is 19.3. The van der Waals surface area contributed by atoms with Gasteiger partial charge >= 0.3 is 0 Å². The summed E-state index contributed by atoms with van der Waals surface area (Å²) in [6, 6.07) is 6.16. The summed E-state index contributed by atoms with van der Waals surface area (Å²) in [5.74, 6) is 0.559. The lowest BCUT2D eigenvalue weighted by Crippen LogP contribution is -2.36. The van der Waals surface area contributed by atoms with Gasteiger partial charge in [-0.25, -0.2) is 4.98 Å². The lowest BCUT2D eigenvalue weighted by atomic mass is 9.92. The molecule has 2 N–H and O–H groups in total. The maximum absolute atomic E-state index is 13.9. The standard InChI is InChI=1S/C25H33N5O3/c1-2-3-10-26-25-27-16-22-20-9-6-18(29-11-13-33-14-12-29)15-21(20)24(32)30(23(22)28-25)17-4-7-19(31)8-5-17/h6,9,15-17,19,31H,2-5,7-8,10-14H2,1H3,(H,26,27,28)/t17-,19-. The number of hydrogen-bond donors (Lipinski definition) is 2. The normalized spacial score (nSPS) is 21.6. The Balaban J connectivity index is 1.65. The number of nitrogens with zero attached hydrogens (tertiary/aromatic N) is 4. The molecule has 1 saturated carbocycles. The van der Waals surface area contributed by atoms with E-state index in [9.17, 15) is 9.90 Å². The Labute approximate surface area is 193 Å². The molecule has 0 amide bonds. The first-order chi connectivity index (χ1) is 16.2. The first-order valence-corrected chi connectivity index (χ1v) is 12.3. The number of anilines is 2. The van der Waals surface area contributed by atoms with E-state index in [4.69, 9.17) is 9.72 Å². The molecule has 0 atom stereocenters. The average Bonchev–Trinajstić information content (AvgIpc) is 2.86. The summed E-state index contributed by atoms with van der Waals surface area (Å²) in [6.45, 7) is 6.00. The first-order valence-electron chi connectivity index (χ1n) is 12.3. The molecule has 3 aromatic rings. The third kappa shape index (κ3) is 4.42. The van der Waals surface area contributed by atoms with E-state index in [-0.39, 0.29) is 17.7 Å². The molecule has 33 heavy (non-hydrogen) atoms. The summed E-state index contributed by atoms with van der Waals surface area (Å²) in [5, 5.41) is 15.8. The van der Waals surface area contributed by atoms with Gasteiger partial charge in [0.15, 0.2) is 0 Å². The van der Waals surface area contributed by atoms with Gasteiger partial charge in [-0.3, -0.25) is 9.36 Å². The molecular weight excluding hydrogens is 418 g/mol. The fraction of sp³-hybridized carbons (Fsp3) is 0.560. The molecule has 3 heterocycles. The van der Waals surface area contributed by atoms with Crippen molar-refractivity contribution in [1.29, 1.82) is 0 Å². The molecule has 5 rings (SSSR count). The molecule has 1 aliphatic carbocycles. The average molecular weight is 452 g/mol. The summed E-state index contributed by atoms with van der Waals surface area (Å²) in [5.41, 5.74) is 1.72. The van der Waals surface area contributed by atoms with Crippen molar-refractivity contribution >= 4 is 33.4 Å².